The number of aryl methyl sites for hydroxylation is 2. The van der Waals surface area contributed by atoms with Crippen LogP contribution in [0.2, 0.25) is 0 Å². The number of ether oxygens (including phenoxy) is 1. The van der Waals surface area contributed by atoms with Crippen LogP contribution >= 0.6 is 11.3 Å². The van der Waals surface area contributed by atoms with E-state index < -0.39 is 5.97 Å². The molecule has 1 heterocycles. The van der Waals surface area contributed by atoms with Crippen LogP contribution in [0, 0.1) is 6.92 Å². The van der Waals surface area contributed by atoms with Crippen molar-refractivity contribution in [1.82, 2.24) is 10.2 Å². The number of carbonyl (C=O) groups excluding carboxylic acids is 1. The Morgan fingerprint density at radius 3 is 2.67 bits per heavy atom. The van der Waals surface area contributed by atoms with Crippen molar-refractivity contribution in [2.45, 2.75) is 32.6 Å². The fourth-order valence-electron chi connectivity index (χ4n) is 1.86. The number of amides is 1. The summed E-state index contributed by atoms with van der Waals surface area (Å²) in [6.45, 7) is 2.60. The lowest BCUT2D eigenvalue weighted by Crippen LogP contribution is -2.12. The number of carbonyl (C=O) groups is 2. The molecular weight excluding hydrogens is 330 g/mol. The molecule has 0 aliphatic carbocycles. The van der Waals surface area contributed by atoms with Gasteiger partial charge in [-0.25, -0.2) is 0 Å². The number of nitrogens with one attached hydrogen (secondary N) is 1. The van der Waals surface area contributed by atoms with Crippen LogP contribution in [0.25, 0.3) is 0 Å². The molecule has 0 bridgehead atoms. The summed E-state index contributed by atoms with van der Waals surface area (Å²) >= 11 is 1.29. The van der Waals surface area contributed by atoms with Crippen LogP contribution < -0.4 is 10.1 Å². The molecule has 0 fully saturated rings. The Hall–Kier alpha value is -2.48. The van der Waals surface area contributed by atoms with Gasteiger partial charge in [0.1, 0.15) is 10.8 Å². The molecule has 1 aromatic carbocycles. The van der Waals surface area contributed by atoms with Gasteiger partial charge in [0.05, 0.1) is 13.0 Å². The smallest absolute Gasteiger partial charge is 0.303 e. The molecule has 0 radical (unpaired) electrons. The summed E-state index contributed by atoms with van der Waals surface area (Å²) in [6.07, 6.45) is 1.21. The van der Waals surface area contributed by atoms with Gasteiger partial charge in [-0.3, -0.25) is 9.59 Å². The molecule has 0 saturated heterocycles. The van der Waals surface area contributed by atoms with Crippen molar-refractivity contribution in [2.75, 3.05) is 11.9 Å². The molecule has 0 spiro atoms. The SMILES string of the molecule is Cc1ccc(OCCCc2nnc(NC(=O)CCC(=O)O)s2)cc1. The van der Waals surface area contributed by atoms with Crippen LogP contribution in [-0.2, 0) is 16.0 Å². The molecule has 2 rings (SSSR count). The van der Waals surface area contributed by atoms with Crippen LogP contribution in [0.4, 0.5) is 5.13 Å². The van der Waals surface area contributed by atoms with E-state index in [0.717, 1.165) is 17.2 Å². The van der Waals surface area contributed by atoms with Crippen LogP contribution in [0.5, 0.6) is 5.75 Å². The number of aromatic nitrogens is 2. The molecule has 128 valence electrons. The van der Waals surface area contributed by atoms with E-state index in [2.05, 4.69) is 15.5 Å². The zero-order valence-electron chi connectivity index (χ0n) is 13.3. The molecule has 0 aliphatic rings. The number of carboxylic acids is 1. The minimum atomic E-state index is -1.00. The maximum atomic E-state index is 11.5. The van der Waals surface area contributed by atoms with Gasteiger partial charge in [-0.1, -0.05) is 29.0 Å². The van der Waals surface area contributed by atoms with Gasteiger partial charge in [-0.15, -0.1) is 10.2 Å². The van der Waals surface area contributed by atoms with Crippen molar-refractivity contribution < 1.29 is 19.4 Å². The monoisotopic (exact) mass is 349 g/mol. The Morgan fingerprint density at radius 2 is 1.96 bits per heavy atom. The van der Waals surface area contributed by atoms with Crippen LogP contribution in [0.3, 0.4) is 0 Å². The number of benzene rings is 1. The van der Waals surface area contributed by atoms with E-state index in [-0.39, 0.29) is 18.7 Å². The first-order chi connectivity index (χ1) is 11.5. The average Bonchev–Trinajstić information content (AvgIpc) is 2.98. The lowest BCUT2D eigenvalue weighted by Gasteiger charge is -2.05. The highest BCUT2D eigenvalue weighted by atomic mass is 32.1. The minimum absolute atomic E-state index is 0.0748. The molecule has 0 atom stereocenters. The zero-order chi connectivity index (χ0) is 17.4. The second kappa shape index (κ2) is 8.97. The van der Waals surface area contributed by atoms with Crippen molar-refractivity contribution in [3.8, 4) is 5.75 Å². The van der Waals surface area contributed by atoms with E-state index in [1.165, 1.54) is 16.9 Å². The summed E-state index contributed by atoms with van der Waals surface area (Å²) in [5, 5.41) is 20.2. The summed E-state index contributed by atoms with van der Waals surface area (Å²) < 4.78 is 5.64. The number of rotatable bonds is 9. The molecule has 0 unspecified atom stereocenters. The molecule has 24 heavy (non-hydrogen) atoms. The number of hydrogen-bond donors (Lipinski definition) is 2. The van der Waals surface area contributed by atoms with E-state index in [1.807, 2.05) is 31.2 Å². The molecule has 2 aromatic rings. The first-order valence-corrected chi connectivity index (χ1v) is 8.38. The molecular formula is C16H19N3O4S. The van der Waals surface area contributed by atoms with Crippen molar-refractivity contribution >= 4 is 28.3 Å². The molecule has 0 aliphatic heterocycles. The van der Waals surface area contributed by atoms with Gasteiger partial charge in [0.25, 0.3) is 0 Å². The van der Waals surface area contributed by atoms with E-state index in [0.29, 0.717) is 18.2 Å². The summed E-state index contributed by atoms with van der Waals surface area (Å²) in [7, 11) is 0. The predicted molar refractivity (Wildman–Crippen MR) is 90.4 cm³/mol. The summed E-state index contributed by atoms with van der Waals surface area (Å²) in [6, 6.07) is 7.87. The minimum Gasteiger partial charge on any atom is -0.494 e. The van der Waals surface area contributed by atoms with Crippen molar-refractivity contribution in [3.63, 3.8) is 0 Å². The van der Waals surface area contributed by atoms with Crippen LogP contribution in [0.15, 0.2) is 24.3 Å². The van der Waals surface area contributed by atoms with Gasteiger partial charge in [0.2, 0.25) is 11.0 Å². The quantitative estimate of drug-likeness (QED) is 0.675. The second-order valence-corrected chi connectivity index (χ2v) is 6.27. The summed E-state index contributed by atoms with van der Waals surface area (Å²) in [5.74, 6) is -0.538. The van der Waals surface area contributed by atoms with Gasteiger partial charge >= 0.3 is 5.97 Å². The highest BCUT2D eigenvalue weighted by molar-refractivity contribution is 7.15. The van der Waals surface area contributed by atoms with Gasteiger partial charge in [0.15, 0.2) is 0 Å². The fraction of sp³-hybridized carbons (Fsp3) is 0.375. The number of carboxylic acid groups (broad SMARTS) is 1. The maximum absolute atomic E-state index is 11.5. The highest BCUT2D eigenvalue weighted by Gasteiger charge is 2.09. The van der Waals surface area contributed by atoms with Gasteiger partial charge in [-0.2, -0.15) is 0 Å². The van der Waals surface area contributed by atoms with Gasteiger partial charge in [-0.05, 0) is 25.5 Å². The first kappa shape index (κ1) is 17.9. The van der Waals surface area contributed by atoms with E-state index >= 15 is 0 Å². The Balaban J connectivity index is 1.68. The van der Waals surface area contributed by atoms with Crippen LogP contribution in [-0.4, -0.2) is 33.8 Å². The molecule has 1 amide bonds. The van der Waals surface area contributed by atoms with Gasteiger partial charge in [0, 0.05) is 12.8 Å². The third kappa shape index (κ3) is 6.33. The Bertz CT molecular complexity index is 685. The predicted octanol–water partition coefficient (Wildman–Crippen LogP) is 2.66. The summed E-state index contributed by atoms with van der Waals surface area (Å²) in [5.41, 5.74) is 1.19. The number of hydrogen-bond acceptors (Lipinski definition) is 6. The molecule has 1 aromatic heterocycles. The molecule has 8 heteroatoms. The lowest BCUT2D eigenvalue weighted by atomic mass is 10.2. The molecule has 0 saturated carbocycles. The van der Waals surface area contributed by atoms with Crippen molar-refractivity contribution in [3.05, 3.63) is 34.8 Å². The third-order valence-electron chi connectivity index (χ3n) is 3.10. The van der Waals surface area contributed by atoms with E-state index in [1.54, 1.807) is 0 Å². The number of anilines is 1. The second-order valence-electron chi connectivity index (χ2n) is 5.21. The highest BCUT2D eigenvalue weighted by Crippen LogP contribution is 2.17. The standard InChI is InChI=1S/C16H19N3O4S/c1-11-4-6-12(7-5-11)23-10-2-3-14-18-19-16(24-14)17-13(20)8-9-15(21)22/h4-7H,2-3,8-10H2,1H3,(H,21,22)(H,17,19,20). The molecule has 2 N–H and O–H groups in total. The first-order valence-electron chi connectivity index (χ1n) is 7.56. The molecule has 7 nitrogen and oxygen atoms in total. The van der Waals surface area contributed by atoms with Crippen molar-refractivity contribution in [1.29, 1.82) is 0 Å². The van der Waals surface area contributed by atoms with Gasteiger partial charge < -0.3 is 15.2 Å². The normalized spacial score (nSPS) is 10.4. The third-order valence-corrected chi connectivity index (χ3v) is 4.00. The largest absolute Gasteiger partial charge is 0.494 e. The Kier molecular flexibility index (Phi) is 6.68. The van der Waals surface area contributed by atoms with E-state index in [9.17, 15) is 9.59 Å². The zero-order valence-corrected chi connectivity index (χ0v) is 14.1. The number of nitrogens with zero attached hydrogens (tertiary/aromatic N) is 2. The maximum Gasteiger partial charge on any atom is 0.303 e. The Labute approximate surface area is 143 Å². The Morgan fingerprint density at radius 1 is 1.21 bits per heavy atom. The average molecular weight is 349 g/mol. The lowest BCUT2D eigenvalue weighted by molar-refractivity contribution is -0.138. The summed E-state index contributed by atoms with van der Waals surface area (Å²) in [4.78, 5) is 21.9. The fourth-order valence-corrected chi connectivity index (χ4v) is 2.65. The topological polar surface area (TPSA) is 101 Å². The van der Waals surface area contributed by atoms with E-state index in [4.69, 9.17) is 9.84 Å². The van der Waals surface area contributed by atoms with Crippen molar-refractivity contribution in [2.24, 2.45) is 0 Å². The van der Waals surface area contributed by atoms with Crippen LogP contribution in [0.1, 0.15) is 29.8 Å². The number of aliphatic carboxylic acids is 1.